The van der Waals surface area contributed by atoms with Crippen molar-refractivity contribution in [2.24, 2.45) is 0 Å². The van der Waals surface area contributed by atoms with Gasteiger partial charge in [-0.3, -0.25) is 0 Å². The highest BCUT2D eigenvalue weighted by Crippen LogP contribution is 2.37. The lowest BCUT2D eigenvalue weighted by Gasteiger charge is -2.39. The molecule has 3 atom stereocenters. The number of ether oxygens (including phenoxy) is 1. The summed E-state index contributed by atoms with van der Waals surface area (Å²) in [6.07, 6.45) is 4.77. The second-order valence-corrected chi connectivity index (χ2v) is 7.84. The highest BCUT2D eigenvalue weighted by molar-refractivity contribution is 5.85. The van der Waals surface area contributed by atoms with Gasteiger partial charge in [0.1, 0.15) is 0 Å². The van der Waals surface area contributed by atoms with Crippen LogP contribution in [0.3, 0.4) is 0 Å². The van der Waals surface area contributed by atoms with Gasteiger partial charge < -0.3 is 15.2 Å². The largest absolute Gasteiger partial charge is 0.385 e. The van der Waals surface area contributed by atoms with Crippen molar-refractivity contribution in [1.29, 1.82) is 0 Å². The van der Waals surface area contributed by atoms with Gasteiger partial charge in [-0.1, -0.05) is 48.5 Å². The zero-order valence-electron chi connectivity index (χ0n) is 16.0. The Bertz CT molecular complexity index is 766. The molecular formula is C23H30ClNO2. The lowest BCUT2D eigenvalue weighted by Crippen LogP contribution is -2.46. The third kappa shape index (κ3) is 4.38. The summed E-state index contributed by atoms with van der Waals surface area (Å²) in [6.45, 7) is 3.77. The van der Waals surface area contributed by atoms with E-state index in [1.807, 2.05) is 12.1 Å². The molecule has 1 saturated heterocycles. The number of aliphatic hydroxyl groups is 1. The summed E-state index contributed by atoms with van der Waals surface area (Å²) in [5.41, 5.74) is 4.33. The summed E-state index contributed by atoms with van der Waals surface area (Å²) in [7, 11) is 0. The van der Waals surface area contributed by atoms with E-state index in [0.717, 1.165) is 50.8 Å². The topological polar surface area (TPSA) is 41.5 Å². The monoisotopic (exact) mass is 387 g/mol. The molecule has 0 bridgehead atoms. The first-order valence-electron chi connectivity index (χ1n) is 9.87. The van der Waals surface area contributed by atoms with Gasteiger partial charge in [-0.15, -0.1) is 12.4 Å². The number of nitrogens with one attached hydrogen (secondary N) is 1. The Kier molecular flexibility index (Phi) is 6.59. The molecule has 0 spiro atoms. The summed E-state index contributed by atoms with van der Waals surface area (Å²) in [5.74, 6) is 0. The van der Waals surface area contributed by atoms with Crippen LogP contribution in [-0.2, 0) is 16.8 Å². The number of hydrogen-bond acceptors (Lipinski definition) is 3. The highest BCUT2D eigenvalue weighted by atomic mass is 35.5. The summed E-state index contributed by atoms with van der Waals surface area (Å²) in [6, 6.07) is 17.2. The molecule has 0 aliphatic carbocycles. The molecule has 0 amide bonds. The number of halogens is 1. The second kappa shape index (κ2) is 8.74. The molecule has 0 saturated carbocycles. The molecule has 2 aromatic rings. The fourth-order valence-electron chi connectivity index (χ4n) is 4.68. The quantitative estimate of drug-likeness (QED) is 0.814. The van der Waals surface area contributed by atoms with Crippen molar-refractivity contribution in [2.75, 3.05) is 13.2 Å². The van der Waals surface area contributed by atoms with Crippen molar-refractivity contribution < 1.29 is 9.84 Å². The Morgan fingerprint density at radius 1 is 1.11 bits per heavy atom. The lowest BCUT2D eigenvalue weighted by molar-refractivity contribution is -0.0160. The Balaban J connectivity index is 0.00000210. The SMILES string of the molecule is Cc1ccccc1C1(O)CCNC(CCC2OCCc3ccccc32)C1.Cl. The number of fused-ring (bicyclic) bond motifs is 1. The van der Waals surface area contributed by atoms with Gasteiger partial charge in [0.05, 0.1) is 18.3 Å². The zero-order valence-corrected chi connectivity index (χ0v) is 16.8. The standard InChI is InChI=1S/C23H29NO2.ClH/c1-17-6-2-5-9-21(17)23(25)13-14-24-19(16-23)10-11-22-20-8-4-3-7-18(20)12-15-26-22;/h2-9,19,22,24-25H,10-16H2,1H3;1H. The first-order chi connectivity index (χ1) is 12.7. The molecule has 3 nitrogen and oxygen atoms in total. The fourth-order valence-corrected chi connectivity index (χ4v) is 4.68. The molecule has 3 unspecified atom stereocenters. The Hall–Kier alpha value is -1.39. The predicted octanol–water partition coefficient (Wildman–Crippen LogP) is 4.45. The van der Waals surface area contributed by atoms with Crippen LogP contribution in [0.2, 0.25) is 0 Å². The molecule has 2 N–H and O–H groups in total. The molecule has 146 valence electrons. The molecular weight excluding hydrogens is 358 g/mol. The van der Waals surface area contributed by atoms with Crippen LogP contribution in [0.15, 0.2) is 48.5 Å². The van der Waals surface area contributed by atoms with E-state index in [1.54, 1.807) is 0 Å². The first kappa shape index (κ1) is 20.3. The molecule has 2 heterocycles. The average molecular weight is 388 g/mol. The van der Waals surface area contributed by atoms with E-state index >= 15 is 0 Å². The van der Waals surface area contributed by atoms with Gasteiger partial charge in [0.25, 0.3) is 0 Å². The van der Waals surface area contributed by atoms with Crippen LogP contribution >= 0.6 is 12.4 Å². The van der Waals surface area contributed by atoms with Crippen molar-refractivity contribution in [3.8, 4) is 0 Å². The maximum Gasteiger partial charge on any atom is 0.0926 e. The first-order valence-corrected chi connectivity index (χ1v) is 9.87. The minimum Gasteiger partial charge on any atom is -0.385 e. The van der Waals surface area contributed by atoms with E-state index in [2.05, 4.69) is 48.6 Å². The van der Waals surface area contributed by atoms with Gasteiger partial charge in [-0.05, 0) is 67.8 Å². The minimum absolute atomic E-state index is 0. The number of rotatable bonds is 4. The van der Waals surface area contributed by atoms with Crippen molar-refractivity contribution in [3.05, 3.63) is 70.8 Å². The van der Waals surface area contributed by atoms with Crippen molar-refractivity contribution in [3.63, 3.8) is 0 Å². The highest BCUT2D eigenvalue weighted by Gasteiger charge is 2.36. The molecule has 2 aliphatic heterocycles. The van der Waals surface area contributed by atoms with Gasteiger partial charge in [0.2, 0.25) is 0 Å². The van der Waals surface area contributed by atoms with Crippen molar-refractivity contribution in [2.45, 2.75) is 56.8 Å². The molecule has 2 aliphatic rings. The van der Waals surface area contributed by atoms with Crippen LogP contribution in [0, 0.1) is 6.92 Å². The fraction of sp³-hybridized carbons (Fsp3) is 0.478. The molecule has 0 aromatic heterocycles. The van der Waals surface area contributed by atoms with E-state index in [4.69, 9.17) is 4.74 Å². The number of benzene rings is 2. The van der Waals surface area contributed by atoms with Gasteiger partial charge in [0, 0.05) is 6.04 Å². The zero-order chi connectivity index (χ0) is 18.0. The summed E-state index contributed by atoms with van der Waals surface area (Å²) in [4.78, 5) is 0. The van der Waals surface area contributed by atoms with E-state index in [9.17, 15) is 5.11 Å². The van der Waals surface area contributed by atoms with Crippen molar-refractivity contribution in [1.82, 2.24) is 5.32 Å². The minimum atomic E-state index is -0.716. The normalized spacial score (nSPS) is 27.5. The Morgan fingerprint density at radius 3 is 2.74 bits per heavy atom. The lowest BCUT2D eigenvalue weighted by atomic mass is 9.78. The molecule has 1 fully saturated rings. The smallest absolute Gasteiger partial charge is 0.0926 e. The maximum atomic E-state index is 11.3. The maximum absolute atomic E-state index is 11.3. The predicted molar refractivity (Wildman–Crippen MR) is 111 cm³/mol. The van der Waals surface area contributed by atoms with Crippen LogP contribution in [0.5, 0.6) is 0 Å². The number of aryl methyl sites for hydroxylation is 1. The third-order valence-electron chi connectivity index (χ3n) is 6.07. The number of piperidine rings is 1. The summed E-state index contributed by atoms with van der Waals surface area (Å²) >= 11 is 0. The molecule has 4 heteroatoms. The van der Waals surface area contributed by atoms with Gasteiger partial charge >= 0.3 is 0 Å². The van der Waals surface area contributed by atoms with Gasteiger partial charge in [-0.2, -0.15) is 0 Å². The van der Waals surface area contributed by atoms with Crippen LogP contribution < -0.4 is 5.32 Å². The van der Waals surface area contributed by atoms with E-state index in [-0.39, 0.29) is 18.5 Å². The molecule has 4 rings (SSSR count). The van der Waals surface area contributed by atoms with E-state index in [0.29, 0.717) is 6.04 Å². The van der Waals surface area contributed by atoms with Gasteiger partial charge in [0.15, 0.2) is 0 Å². The van der Waals surface area contributed by atoms with Crippen LogP contribution in [0.25, 0.3) is 0 Å². The third-order valence-corrected chi connectivity index (χ3v) is 6.07. The summed E-state index contributed by atoms with van der Waals surface area (Å²) in [5, 5.41) is 14.9. The van der Waals surface area contributed by atoms with Crippen LogP contribution in [0.4, 0.5) is 0 Å². The van der Waals surface area contributed by atoms with Gasteiger partial charge in [-0.25, -0.2) is 0 Å². The van der Waals surface area contributed by atoms with Crippen LogP contribution in [-0.4, -0.2) is 24.3 Å². The van der Waals surface area contributed by atoms with E-state index in [1.165, 1.54) is 16.7 Å². The van der Waals surface area contributed by atoms with E-state index < -0.39 is 5.60 Å². The molecule has 2 aromatic carbocycles. The summed E-state index contributed by atoms with van der Waals surface area (Å²) < 4.78 is 6.06. The molecule has 27 heavy (non-hydrogen) atoms. The molecule has 0 radical (unpaired) electrons. The second-order valence-electron chi connectivity index (χ2n) is 7.84. The Morgan fingerprint density at radius 2 is 1.89 bits per heavy atom. The number of hydrogen-bond donors (Lipinski definition) is 2. The average Bonchev–Trinajstić information content (AvgIpc) is 2.67. The van der Waals surface area contributed by atoms with Crippen LogP contribution in [0.1, 0.15) is 54.0 Å². The Labute approximate surface area is 168 Å². The van der Waals surface area contributed by atoms with Crippen molar-refractivity contribution >= 4 is 12.4 Å².